The summed E-state index contributed by atoms with van der Waals surface area (Å²) in [6.07, 6.45) is 1.08. The Morgan fingerprint density at radius 3 is 2.55 bits per heavy atom. The van der Waals surface area contributed by atoms with Crippen LogP contribution in [0, 0.1) is 6.92 Å². The first-order chi connectivity index (χ1) is 10.5. The summed E-state index contributed by atoms with van der Waals surface area (Å²) >= 11 is 0. The molecule has 114 valence electrons. The Labute approximate surface area is 132 Å². The van der Waals surface area contributed by atoms with Gasteiger partial charge in [-0.3, -0.25) is 4.79 Å². The van der Waals surface area contributed by atoms with Crippen molar-refractivity contribution in [1.82, 2.24) is 0 Å². The Morgan fingerprint density at radius 2 is 1.86 bits per heavy atom. The highest BCUT2D eigenvalue weighted by atomic mass is 16.1. The molecule has 3 heteroatoms. The molecule has 0 fully saturated rings. The molecule has 0 saturated heterocycles. The van der Waals surface area contributed by atoms with E-state index >= 15 is 0 Å². The van der Waals surface area contributed by atoms with Gasteiger partial charge in [0, 0.05) is 29.5 Å². The number of carbonyl (C=O) groups is 1. The van der Waals surface area contributed by atoms with E-state index in [0.29, 0.717) is 11.6 Å². The van der Waals surface area contributed by atoms with E-state index < -0.39 is 0 Å². The third-order valence-corrected chi connectivity index (χ3v) is 4.21. The summed E-state index contributed by atoms with van der Waals surface area (Å²) < 4.78 is 0. The molecule has 1 heterocycles. The van der Waals surface area contributed by atoms with Crippen LogP contribution in [-0.4, -0.2) is 18.5 Å². The largest absolute Gasteiger partial charge is 0.368 e. The van der Waals surface area contributed by atoms with Gasteiger partial charge in [0.25, 0.3) is 5.91 Å². The summed E-state index contributed by atoms with van der Waals surface area (Å²) in [5.74, 6) is -0.0611. The Hall–Kier alpha value is -2.29. The number of hydrogen-bond donors (Lipinski definition) is 1. The summed E-state index contributed by atoms with van der Waals surface area (Å²) in [5, 5.41) is 3.00. The minimum atomic E-state index is -0.0611. The summed E-state index contributed by atoms with van der Waals surface area (Å²) in [6.45, 7) is 7.48. The maximum atomic E-state index is 12.3. The molecule has 0 saturated carbocycles. The van der Waals surface area contributed by atoms with Gasteiger partial charge in [0.1, 0.15) is 0 Å². The van der Waals surface area contributed by atoms with Crippen molar-refractivity contribution in [3.05, 3.63) is 59.2 Å². The van der Waals surface area contributed by atoms with Crippen LogP contribution in [0.25, 0.3) is 0 Å². The van der Waals surface area contributed by atoms with Crippen molar-refractivity contribution in [3.8, 4) is 0 Å². The predicted octanol–water partition coefficient (Wildman–Crippen LogP) is 4.02. The smallest absolute Gasteiger partial charge is 0.255 e. The molecule has 1 aliphatic heterocycles. The highest BCUT2D eigenvalue weighted by Gasteiger charge is 2.21. The van der Waals surface area contributed by atoms with Crippen LogP contribution < -0.4 is 10.2 Å². The lowest BCUT2D eigenvalue weighted by atomic mass is 10.1. The van der Waals surface area contributed by atoms with Crippen molar-refractivity contribution in [2.45, 2.75) is 33.2 Å². The molecular weight excluding hydrogens is 272 g/mol. The van der Waals surface area contributed by atoms with Crippen molar-refractivity contribution in [1.29, 1.82) is 0 Å². The first kappa shape index (κ1) is 14.6. The van der Waals surface area contributed by atoms with Crippen molar-refractivity contribution in [3.63, 3.8) is 0 Å². The normalized spacial score (nSPS) is 13.4. The van der Waals surface area contributed by atoms with Gasteiger partial charge in [-0.05, 0) is 57.0 Å². The SMILES string of the molecule is Cc1ccc(C(=O)Nc2ccc3c(c2)N(C(C)C)CC3)cc1. The number of fused-ring (bicyclic) bond motifs is 1. The molecule has 0 aromatic heterocycles. The molecule has 0 atom stereocenters. The van der Waals surface area contributed by atoms with Gasteiger partial charge in [0.2, 0.25) is 0 Å². The topological polar surface area (TPSA) is 32.3 Å². The van der Waals surface area contributed by atoms with Gasteiger partial charge in [0.15, 0.2) is 0 Å². The second-order valence-electron chi connectivity index (χ2n) is 6.20. The van der Waals surface area contributed by atoms with Gasteiger partial charge in [-0.1, -0.05) is 23.8 Å². The zero-order chi connectivity index (χ0) is 15.7. The molecule has 0 radical (unpaired) electrons. The van der Waals surface area contributed by atoms with Crippen LogP contribution in [0.5, 0.6) is 0 Å². The van der Waals surface area contributed by atoms with Gasteiger partial charge in [0.05, 0.1) is 0 Å². The average molecular weight is 294 g/mol. The fourth-order valence-electron chi connectivity index (χ4n) is 2.93. The molecular formula is C19H22N2O. The molecule has 0 aliphatic carbocycles. The Morgan fingerprint density at radius 1 is 1.14 bits per heavy atom. The van der Waals surface area contributed by atoms with Gasteiger partial charge < -0.3 is 10.2 Å². The number of anilines is 2. The second-order valence-corrected chi connectivity index (χ2v) is 6.20. The van der Waals surface area contributed by atoms with Crippen LogP contribution in [0.2, 0.25) is 0 Å². The average Bonchev–Trinajstić information content (AvgIpc) is 2.91. The highest BCUT2D eigenvalue weighted by molar-refractivity contribution is 6.04. The number of nitrogens with one attached hydrogen (secondary N) is 1. The summed E-state index contributed by atoms with van der Waals surface area (Å²) in [6, 6.07) is 14.3. The molecule has 22 heavy (non-hydrogen) atoms. The zero-order valence-corrected chi connectivity index (χ0v) is 13.4. The first-order valence-electron chi connectivity index (χ1n) is 7.82. The first-order valence-corrected chi connectivity index (χ1v) is 7.82. The Kier molecular flexibility index (Phi) is 3.88. The van der Waals surface area contributed by atoms with Crippen LogP contribution in [0.3, 0.4) is 0 Å². The summed E-state index contributed by atoms with van der Waals surface area (Å²) in [5.41, 5.74) is 5.31. The third-order valence-electron chi connectivity index (χ3n) is 4.21. The van der Waals surface area contributed by atoms with Gasteiger partial charge in [-0.2, -0.15) is 0 Å². The molecule has 1 N–H and O–H groups in total. The molecule has 3 rings (SSSR count). The van der Waals surface area contributed by atoms with Crippen LogP contribution >= 0.6 is 0 Å². The second kappa shape index (κ2) is 5.84. The molecule has 3 nitrogen and oxygen atoms in total. The van der Waals surface area contributed by atoms with E-state index in [4.69, 9.17) is 0 Å². The Balaban J connectivity index is 1.80. The number of benzene rings is 2. The number of amides is 1. The van der Waals surface area contributed by atoms with E-state index in [0.717, 1.165) is 24.2 Å². The zero-order valence-electron chi connectivity index (χ0n) is 13.4. The molecule has 2 aromatic carbocycles. The lowest BCUT2D eigenvalue weighted by Gasteiger charge is -2.24. The number of carbonyl (C=O) groups excluding carboxylic acids is 1. The van der Waals surface area contributed by atoms with Gasteiger partial charge in [-0.15, -0.1) is 0 Å². The molecule has 2 aromatic rings. The lowest BCUT2D eigenvalue weighted by molar-refractivity contribution is 0.102. The predicted molar refractivity (Wildman–Crippen MR) is 91.8 cm³/mol. The lowest BCUT2D eigenvalue weighted by Crippen LogP contribution is -2.28. The summed E-state index contributed by atoms with van der Waals surface area (Å²) in [7, 11) is 0. The Bertz CT molecular complexity index is 689. The van der Waals surface area contributed by atoms with Gasteiger partial charge in [-0.25, -0.2) is 0 Å². The van der Waals surface area contributed by atoms with Crippen LogP contribution in [0.15, 0.2) is 42.5 Å². The minimum Gasteiger partial charge on any atom is -0.368 e. The monoisotopic (exact) mass is 294 g/mol. The molecule has 1 amide bonds. The van der Waals surface area contributed by atoms with Crippen molar-refractivity contribution < 1.29 is 4.79 Å². The van der Waals surface area contributed by atoms with Crippen molar-refractivity contribution >= 4 is 17.3 Å². The quantitative estimate of drug-likeness (QED) is 0.927. The van der Waals surface area contributed by atoms with Crippen molar-refractivity contribution in [2.24, 2.45) is 0 Å². The maximum absolute atomic E-state index is 12.3. The van der Waals surface area contributed by atoms with Crippen molar-refractivity contribution in [2.75, 3.05) is 16.8 Å². The fourth-order valence-corrected chi connectivity index (χ4v) is 2.93. The van der Waals surface area contributed by atoms with E-state index in [1.165, 1.54) is 11.3 Å². The molecule has 0 bridgehead atoms. The molecule has 0 spiro atoms. The number of rotatable bonds is 3. The van der Waals surface area contributed by atoms with Gasteiger partial charge >= 0.3 is 0 Å². The van der Waals surface area contributed by atoms with E-state index in [-0.39, 0.29) is 5.91 Å². The highest BCUT2D eigenvalue weighted by Crippen LogP contribution is 2.32. The maximum Gasteiger partial charge on any atom is 0.255 e. The van der Waals surface area contributed by atoms with Crippen LogP contribution in [-0.2, 0) is 6.42 Å². The van der Waals surface area contributed by atoms with E-state index in [1.54, 1.807) is 0 Å². The third kappa shape index (κ3) is 2.84. The van der Waals surface area contributed by atoms with E-state index in [1.807, 2.05) is 37.3 Å². The molecule has 0 unspecified atom stereocenters. The molecule has 1 aliphatic rings. The number of hydrogen-bond acceptors (Lipinski definition) is 2. The van der Waals surface area contributed by atoms with Crippen LogP contribution in [0.1, 0.15) is 35.3 Å². The fraction of sp³-hybridized carbons (Fsp3) is 0.316. The standard InChI is InChI=1S/C19H22N2O/c1-13(2)21-11-10-15-8-9-17(12-18(15)21)20-19(22)16-6-4-14(3)5-7-16/h4-9,12-13H,10-11H2,1-3H3,(H,20,22). The van der Waals surface area contributed by atoms with Crippen LogP contribution in [0.4, 0.5) is 11.4 Å². The number of nitrogens with zero attached hydrogens (tertiary/aromatic N) is 1. The summed E-state index contributed by atoms with van der Waals surface area (Å²) in [4.78, 5) is 14.7. The minimum absolute atomic E-state index is 0.0611. The van der Waals surface area contributed by atoms with E-state index in [9.17, 15) is 4.79 Å². The van der Waals surface area contributed by atoms with E-state index in [2.05, 4.69) is 36.2 Å². The number of aryl methyl sites for hydroxylation is 1.